The molecule has 0 atom stereocenters. The van der Waals surface area contributed by atoms with Crippen molar-refractivity contribution in [2.24, 2.45) is 0 Å². The van der Waals surface area contributed by atoms with Crippen molar-refractivity contribution < 1.29 is 13.9 Å². The average Bonchev–Trinajstić information content (AvgIpc) is 2.82. The van der Waals surface area contributed by atoms with E-state index in [9.17, 15) is 4.79 Å². The Labute approximate surface area is 123 Å². The first-order chi connectivity index (χ1) is 9.67. The molecule has 0 aromatic carbocycles. The molecule has 0 saturated heterocycles. The standard InChI is InChI=1S/C14H20N4O3/c1-8-10(3)20-11(15-8)7-18-9(2)12(16-17-18)13(19)21-14(4,5)6/h7H2,1-6H3. The van der Waals surface area contributed by atoms with E-state index < -0.39 is 11.6 Å². The Hall–Kier alpha value is -2.18. The van der Waals surface area contributed by atoms with Crippen LogP contribution in [0.3, 0.4) is 0 Å². The number of aromatic nitrogens is 4. The number of oxazole rings is 1. The zero-order chi connectivity index (χ0) is 15.8. The van der Waals surface area contributed by atoms with Gasteiger partial charge in [0.05, 0.1) is 11.4 Å². The van der Waals surface area contributed by atoms with Crippen molar-refractivity contribution in [3.05, 3.63) is 28.7 Å². The lowest BCUT2D eigenvalue weighted by molar-refractivity contribution is 0.00618. The van der Waals surface area contributed by atoms with Crippen molar-refractivity contribution in [1.82, 2.24) is 20.0 Å². The van der Waals surface area contributed by atoms with Crippen LogP contribution >= 0.6 is 0 Å². The number of ether oxygens (including phenoxy) is 1. The first-order valence-corrected chi connectivity index (χ1v) is 6.73. The number of nitrogens with zero attached hydrogens (tertiary/aromatic N) is 4. The van der Waals surface area contributed by atoms with Crippen LogP contribution in [0.15, 0.2) is 4.42 Å². The monoisotopic (exact) mass is 292 g/mol. The van der Waals surface area contributed by atoms with Gasteiger partial charge in [0.25, 0.3) is 0 Å². The van der Waals surface area contributed by atoms with Gasteiger partial charge in [-0.25, -0.2) is 14.5 Å². The molecule has 0 radical (unpaired) electrons. The van der Waals surface area contributed by atoms with E-state index in [1.54, 1.807) is 11.6 Å². The van der Waals surface area contributed by atoms with Crippen LogP contribution in [0.1, 0.15) is 54.3 Å². The largest absolute Gasteiger partial charge is 0.455 e. The lowest BCUT2D eigenvalue weighted by atomic mass is 10.2. The Morgan fingerprint density at radius 2 is 1.95 bits per heavy atom. The van der Waals surface area contributed by atoms with Gasteiger partial charge in [-0.15, -0.1) is 5.10 Å². The maximum absolute atomic E-state index is 12.0. The fourth-order valence-corrected chi connectivity index (χ4v) is 1.76. The van der Waals surface area contributed by atoms with Crippen LogP contribution in [0.25, 0.3) is 0 Å². The van der Waals surface area contributed by atoms with Crippen LogP contribution < -0.4 is 0 Å². The number of carbonyl (C=O) groups is 1. The van der Waals surface area contributed by atoms with E-state index in [1.165, 1.54) is 0 Å². The Bertz CT molecular complexity index is 645. The summed E-state index contributed by atoms with van der Waals surface area (Å²) in [5, 5.41) is 7.86. The van der Waals surface area contributed by atoms with Crippen molar-refractivity contribution in [2.75, 3.05) is 0 Å². The second-order valence-corrected chi connectivity index (χ2v) is 5.93. The number of esters is 1. The minimum absolute atomic E-state index is 0.213. The number of hydrogen-bond acceptors (Lipinski definition) is 6. The molecule has 7 nitrogen and oxygen atoms in total. The highest BCUT2D eigenvalue weighted by Crippen LogP contribution is 2.15. The van der Waals surface area contributed by atoms with Crippen molar-refractivity contribution in [1.29, 1.82) is 0 Å². The van der Waals surface area contributed by atoms with Gasteiger partial charge in [0.15, 0.2) is 5.69 Å². The molecular weight excluding hydrogens is 272 g/mol. The fourth-order valence-electron chi connectivity index (χ4n) is 1.76. The molecule has 0 aliphatic carbocycles. The van der Waals surface area contributed by atoms with E-state index in [1.807, 2.05) is 34.6 Å². The molecule has 0 spiro atoms. The third-order valence-corrected chi connectivity index (χ3v) is 2.93. The summed E-state index contributed by atoms with van der Waals surface area (Å²) >= 11 is 0. The van der Waals surface area contributed by atoms with Gasteiger partial charge in [-0.05, 0) is 41.5 Å². The molecular formula is C14H20N4O3. The van der Waals surface area contributed by atoms with Crippen LogP contribution in [-0.4, -0.2) is 31.5 Å². The molecule has 7 heteroatoms. The molecule has 0 amide bonds. The smallest absolute Gasteiger partial charge is 0.361 e. The molecule has 0 bridgehead atoms. The number of aryl methyl sites for hydroxylation is 2. The van der Waals surface area contributed by atoms with Crippen LogP contribution in [0.5, 0.6) is 0 Å². The summed E-state index contributed by atoms with van der Waals surface area (Å²) in [6.07, 6.45) is 0. The molecule has 0 aliphatic rings. The van der Waals surface area contributed by atoms with Gasteiger partial charge in [0.2, 0.25) is 5.89 Å². The zero-order valence-electron chi connectivity index (χ0n) is 13.2. The molecule has 114 valence electrons. The predicted octanol–water partition coefficient (Wildman–Crippen LogP) is 2.19. The molecule has 2 rings (SSSR count). The second-order valence-electron chi connectivity index (χ2n) is 5.93. The van der Waals surface area contributed by atoms with Gasteiger partial charge >= 0.3 is 5.97 Å². The highest BCUT2D eigenvalue weighted by atomic mass is 16.6. The fraction of sp³-hybridized carbons (Fsp3) is 0.571. The van der Waals surface area contributed by atoms with E-state index in [2.05, 4.69) is 15.3 Å². The SMILES string of the molecule is Cc1nc(Cn2nnc(C(=O)OC(C)(C)C)c2C)oc1C. The van der Waals surface area contributed by atoms with Crippen molar-refractivity contribution in [2.45, 2.75) is 53.7 Å². The van der Waals surface area contributed by atoms with Crippen LogP contribution in [-0.2, 0) is 11.3 Å². The topological polar surface area (TPSA) is 83.0 Å². The van der Waals surface area contributed by atoms with E-state index in [-0.39, 0.29) is 5.69 Å². The van der Waals surface area contributed by atoms with E-state index >= 15 is 0 Å². The van der Waals surface area contributed by atoms with Crippen LogP contribution in [0.2, 0.25) is 0 Å². The normalized spacial score (nSPS) is 11.7. The number of hydrogen-bond donors (Lipinski definition) is 0. The van der Waals surface area contributed by atoms with Crippen molar-refractivity contribution in [3.8, 4) is 0 Å². The average molecular weight is 292 g/mol. The maximum Gasteiger partial charge on any atom is 0.361 e. The highest BCUT2D eigenvalue weighted by Gasteiger charge is 2.24. The van der Waals surface area contributed by atoms with Gasteiger partial charge in [-0.3, -0.25) is 0 Å². The van der Waals surface area contributed by atoms with Gasteiger partial charge in [0, 0.05) is 0 Å². The Morgan fingerprint density at radius 1 is 1.29 bits per heavy atom. The Morgan fingerprint density at radius 3 is 2.48 bits per heavy atom. The maximum atomic E-state index is 12.0. The summed E-state index contributed by atoms with van der Waals surface area (Å²) in [5.74, 6) is 0.829. The van der Waals surface area contributed by atoms with Crippen LogP contribution in [0, 0.1) is 20.8 Å². The van der Waals surface area contributed by atoms with Gasteiger partial charge in [-0.2, -0.15) is 0 Å². The van der Waals surface area contributed by atoms with E-state index in [4.69, 9.17) is 9.15 Å². The quantitative estimate of drug-likeness (QED) is 0.806. The van der Waals surface area contributed by atoms with Gasteiger partial charge in [0.1, 0.15) is 17.9 Å². The third-order valence-electron chi connectivity index (χ3n) is 2.93. The van der Waals surface area contributed by atoms with Gasteiger partial charge in [-0.1, -0.05) is 5.21 Å². The number of rotatable bonds is 3. The lowest BCUT2D eigenvalue weighted by Crippen LogP contribution is -2.24. The predicted molar refractivity (Wildman–Crippen MR) is 75.0 cm³/mol. The molecule has 2 aromatic rings. The molecule has 0 fully saturated rings. The summed E-state index contributed by atoms with van der Waals surface area (Å²) in [5.41, 5.74) is 1.11. The lowest BCUT2D eigenvalue weighted by Gasteiger charge is -2.18. The molecule has 2 aromatic heterocycles. The molecule has 0 saturated carbocycles. The minimum atomic E-state index is -0.565. The number of carbonyl (C=O) groups excluding carboxylic acids is 1. The first-order valence-electron chi connectivity index (χ1n) is 6.73. The summed E-state index contributed by atoms with van der Waals surface area (Å²) < 4.78 is 12.4. The summed E-state index contributed by atoms with van der Waals surface area (Å²) in [6, 6.07) is 0. The second kappa shape index (κ2) is 5.31. The van der Waals surface area contributed by atoms with Crippen molar-refractivity contribution in [3.63, 3.8) is 0 Å². The molecule has 21 heavy (non-hydrogen) atoms. The Kier molecular flexibility index (Phi) is 3.85. The zero-order valence-corrected chi connectivity index (χ0v) is 13.2. The van der Waals surface area contributed by atoms with Crippen molar-refractivity contribution >= 4 is 5.97 Å². The molecule has 2 heterocycles. The first kappa shape index (κ1) is 15.2. The summed E-state index contributed by atoms with van der Waals surface area (Å²) in [6.45, 7) is 11.3. The minimum Gasteiger partial charge on any atom is -0.455 e. The molecule has 0 aliphatic heterocycles. The highest BCUT2D eigenvalue weighted by molar-refractivity contribution is 5.88. The molecule has 0 unspecified atom stereocenters. The Balaban J connectivity index is 2.19. The third kappa shape index (κ3) is 3.48. The van der Waals surface area contributed by atoms with Gasteiger partial charge < -0.3 is 9.15 Å². The van der Waals surface area contributed by atoms with E-state index in [0.29, 0.717) is 18.1 Å². The molecule has 0 N–H and O–H groups in total. The summed E-state index contributed by atoms with van der Waals surface area (Å²) in [4.78, 5) is 16.3. The van der Waals surface area contributed by atoms with Crippen LogP contribution in [0.4, 0.5) is 0 Å². The van der Waals surface area contributed by atoms with E-state index in [0.717, 1.165) is 11.5 Å². The summed E-state index contributed by atoms with van der Waals surface area (Å²) in [7, 11) is 0.